The third-order valence-corrected chi connectivity index (χ3v) is 7.43. The predicted octanol–water partition coefficient (Wildman–Crippen LogP) is 6.49. The Balaban J connectivity index is 1.54. The highest BCUT2D eigenvalue weighted by atomic mass is 19.4. The predicted molar refractivity (Wildman–Crippen MR) is 172 cm³/mol. The summed E-state index contributed by atoms with van der Waals surface area (Å²) >= 11 is 0. The summed E-state index contributed by atoms with van der Waals surface area (Å²) in [4.78, 5) is 20.1. The van der Waals surface area contributed by atoms with Crippen molar-refractivity contribution in [2.75, 3.05) is 26.2 Å². The van der Waals surface area contributed by atoms with Crippen molar-refractivity contribution in [1.29, 1.82) is 0 Å². The molecule has 4 rings (SSSR count). The number of nitro groups is 1. The van der Waals surface area contributed by atoms with Gasteiger partial charge < -0.3 is 10.4 Å². The summed E-state index contributed by atoms with van der Waals surface area (Å²) < 4.78 is 40.4. The minimum atomic E-state index is -4.46. The number of nitro benzene ring substituents is 1. The molecule has 2 N–H and O–H groups in total. The van der Waals surface area contributed by atoms with E-state index in [-0.39, 0.29) is 25.4 Å². The van der Waals surface area contributed by atoms with Crippen molar-refractivity contribution in [2.24, 2.45) is 0 Å². The molecular formula is C35H40F3N5O3. The maximum absolute atomic E-state index is 13.5. The van der Waals surface area contributed by atoms with Crippen molar-refractivity contribution in [1.82, 2.24) is 20.1 Å². The number of hydrogen-bond donors (Lipinski definition) is 2. The van der Waals surface area contributed by atoms with E-state index in [1.54, 1.807) is 18.2 Å². The number of non-ortho nitro benzene ring substituents is 1. The lowest BCUT2D eigenvalue weighted by Gasteiger charge is -2.24. The van der Waals surface area contributed by atoms with Gasteiger partial charge in [-0.15, -0.1) is 0 Å². The summed E-state index contributed by atoms with van der Waals surface area (Å²) in [6, 6.07) is 25.7. The van der Waals surface area contributed by atoms with E-state index < -0.39 is 16.7 Å². The Labute approximate surface area is 267 Å². The van der Waals surface area contributed by atoms with Crippen molar-refractivity contribution >= 4 is 5.69 Å². The Morgan fingerprint density at radius 2 is 1.37 bits per heavy atom. The van der Waals surface area contributed by atoms with E-state index in [4.69, 9.17) is 10.1 Å². The lowest BCUT2D eigenvalue weighted by molar-refractivity contribution is -0.384. The van der Waals surface area contributed by atoms with Gasteiger partial charge in [0.25, 0.3) is 5.69 Å². The molecule has 0 unspecified atom stereocenters. The zero-order valence-electron chi connectivity index (χ0n) is 25.9. The number of nitrogens with one attached hydrogen (secondary N) is 1. The smallest absolute Gasteiger partial charge is 0.396 e. The molecular weight excluding hydrogens is 595 g/mol. The highest BCUT2D eigenvalue weighted by molar-refractivity contribution is 5.34. The van der Waals surface area contributed by atoms with Crippen LogP contribution in [0.25, 0.3) is 0 Å². The Kier molecular flexibility index (Phi) is 12.8. The van der Waals surface area contributed by atoms with Crippen LogP contribution in [0.4, 0.5) is 18.9 Å². The zero-order valence-corrected chi connectivity index (χ0v) is 25.9. The molecule has 0 aliphatic rings. The molecule has 0 aliphatic heterocycles. The lowest BCUT2D eigenvalue weighted by Crippen LogP contribution is -2.32. The fraction of sp³-hybridized carbons (Fsp3) is 0.343. The number of aliphatic hydroxyl groups excluding tert-OH is 1. The molecule has 0 saturated heterocycles. The van der Waals surface area contributed by atoms with Crippen LogP contribution in [-0.2, 0) is 38.9 Å². The molecule has 11 heteroatoms. The standard InChI is InChI=1S/C35H40F3N5O3/c1-27-7-2-8-28(19-27)22-41(17-16-39-15-6-18-44)25-32-12-5-13-33(40-32)26-42(24-30-10-4-14-34(21-30)43(45)46)23-29-9-3-11-31(20-29)35(36,37)38/h2-5,7-14,19-21,39,44H,6,15-18,22-26H2,1H3. The maximum Gasteiger partial charge on any atom is 0.416 e. The topological polar surface area (TPSA) is 94.8 Å². The Hall–Kier alpha value is -4.16. The SMILES string of the molecule is Cc1cccc(CN(CCNCCCO)Cc2cccc(CN(Cc3cccc([N+](=O)[O-])c3)Cc3cccc(C(F)(F)F)c3)n2)c1. The maximum atomic E-state index is 13.5. The minimum Gasteiger partial charge on any atom is -0.396 e. The van der Waals surface area contributed by atoms with Gasteiger partial charge in [0.15, 0.2) is 0 Å². The first-order valence-electron chi connectivity index (χ1n) is 15.2. The van der Waals surface area contributed by atoms with E-state index in [1.165, 1.54) is 29.3 Å². The third kappa shape index (κ3) is 11.3. The second-order valence-electron chi connectivity index (χ2n) is 11.4. The molecule has 3 aromatic carbocycles. The fourth-order valence-corrected chi connectivity index (χ4v) is 5.31. The summed E-state index contributed by atoms with van der Waals surface area (Å²) in [5.74, 6) is 0. The third-order valence-electron chi connectivity index (χ3n) is 7.43. The van der Waals surface area contributed by atoms with Gasteiger partial charge in [-0.25, -0.2) is 0 Å². The molecule has 1 aromatic heterocycles. The second kappa shape index (κ2) is 17.0. The Bertz CT molecular complexity index is 1570. The van der Waals surface area contributed by atoms with E-state index >= 15 is 0 Å². The lowest BCUT2D eigenvalue weighted by atomic mass is 10.1. The molecule has 0 saturated carbocycles. The summed E-state index contributed by atoms with van der Waals surface area (Å²) in [5.41, 5.74) is 4.36. The minimum absolute atomic E-state index is 0.0452. The molecule has 0 radical (unpaired) electrons. The summed E-state index contributed by atoms with van der Waals surface area (Å²) in [5, 5.41) is 23.8. The number of halogens is 3. The molecule has 0 bridgehead atoms. The molecule has 46 heavy (non-hydrogen) atoms. The number of aromatic nitrogens is 1. The zero-order chi connectivity index (χ0) is 32.9. The van der Waals surface area contributed by atoms with Gasteiger partial charge in [-0.3, -0.25) is 24.9 Å². The quantitative estimate of drug-likeness (QED) is 0.0778. The number of aryl methyl sites for hydroxylation is 1. The van der Waals surface area contributed by atoms with E-state index in [0.29, 0.717) is 30.6 Å². The van der Waals surface area contributed by atoms with Gasteiger partial charge in [0.05, 0.1) is 21.9 Å². The van der Waals surface area contributed by atoms with Crippen molar-refractivity contribution < 1.29 is 23.2 Å². The van der Waals surface area contributed by atoms with Gasteiger partial charge >= 0.3 is 6.18 Å². The van der Waals surface area contributed by atoms with Gasteiger partial charge in [-0.1, -0.05) is 66.2 Å². The molecule has 0 spiro atoms. The van der Waals surface area contributed by atoms with Crippen molar-refractivity contribution in [3.8, 4) is 0 Å². The first kappa shape index (κ1) is 34.7. The fourth-order valence-electron chi connectivity index (χ4n) is 5.31. The first-order chi connectivity index (χ1) is 22.1. The van der Waals surface area contributed by atoms with Gasteiger partial charge in [-0.2, -0.15) is 13.2 Å². The van der Waals surface area contributed by atoms with Crippen molar-refractivity contribution in [2.45, 2.75) is 52.2 Å². The molecule has 0 aliphatic carbocycles. The van der Waals surface area contributed by atoms with Crippen LogP contribution < -0.4 is 5.32 Å². The van der Waals surface area contributed by atoms with E-state index in [9.17, 15) is 23.3 Å². The molecule has 0 fully saturated rings. The average Bonchev–Trinajstić information content (AvgIpc) is 3.01. The van der Waals surface area contributed by atoms with Crippen LogP contribution in [0.1, 0.15) is 45.6 Å². The molecule has 0 atom stereocenters. The number of hydrogen-bond acceptors (Lipinski definition) is 7. The summed E-state index contributed by atoms with van der Waals surface area (Å²) in [6.07, 6.45) is -3.77. The summed E-state index contributed by atoms with van der Waals surface area (Å²) in [7, 11) is 0. The van der Waals surface area contributed by atoms with Crippen LogP contribution in [-0.4, -0.2) is 51.1 Å². The number of alkyl halides is 3. The highest BCUT2D eigenvalue weighted by Crippen LogP contribution is 2.30. The number of pyridine rings is 1. The van der Waals surface area contributed by atoms with Gasteiger partial charge in [0.2, 0.25) is 0 Å². The van der Waals surface area contributed by atoms with Gasteiger partial charge in [0.1, 0.15) is 0 Å². The summed E-state index contributed by atoms with van der Waals surface area (Å²) in [6.45, 7) is 6.56. The average molecular weight is 636 g/mol. The number of nitrogens with zero attached hydrogens (tertiary/aromatic N) is 4. The van der Waals surface area contributed by atoms with Crippen molar-refractivity contribution in [3.63, 3.8) is 0 Å². The highest BCUT2D eigenvalue weighted by Gasteiger charge is 2.30. The number of benzene rings is 3. The van der Waals surface area contributed by atoms with E-state index in [2.05, 4.69) is 35.3 Å². The Morgan fingerprint density at radius 1 is 0.783 bits per heavy atom. The van der Waals surface area contributed by atoms with Crippen LogP contribution in [0.3, 0.4) is 0 Å². The first-order valence-corrected chi connectivity index (χ1v) is 15.2. The largest absolute Gasteiger partial charge is 0.416 e. The van der Waals surface area contributed by atoms with Crippen LogP contribution in [0, 0.1) is 17.0 Å². The van der Waals surface area contributed by atoms with Crippen LogP contribution >= 0.6 is 0 Å². The van der Waals surface area contributed by atoms with Gasteiger partial charge in [0, 0.05) is 64.6 Å². The molecule has 1 heterocycles. The molecule has 4 aromatic rings. The molecule has 8 nitrogen and oxygen atoms in total. The van der Waals surface area contributed by atoms with E-state index in [0.717, 1.165) is 49.7 Å². The monoisotopic (exact) mass is 635 g/mol. The second-order valence-corrected chi connectivity index (χ2v) is 11.4. The number of rotatable bonds is 17. The van der Waals surface area contributed by atoms with Gasteiger partial charge in [-0.05, 0) is 54.8 Å². The van der Waals surface area contributed by atoms with Crippen LogP contribution in [0.5, 0.6) is 0 Å². The molecule has 244 valence electrons. The van der Waals surface area contributed by atoms with E-state index in [1.807, 2.05) is 29.2 Å². The van der Waals surface area contributed by atoms with Crippen LogP contribution in [0.2, 0.25) is 0 Å². The van der Waals surface area contributed by atoms with Crippen molar-refractivity contribution in [3.05, 3.63) is 140 Å². The number of aliphatic hydroxyl groups is 1. The van der Waals surface area contributed by atoms with Crippen LogP contribution in [0.15, 0.2) is 91.0 Å². The Morgan fingerprint density at radius 3 is 2.02 bits per heavy atom. The molecule has 0 amide bonds. The normalized spacial score (nSPS) is 11.8.